The van der Waals surface area contributed by atoms with Crippen LogP contribution in [0, 0.1) is 6.92 Å². The predicted octanol–water partition coefficient (Wildman–Crippen LogP) is 2.55. The van der Waals surface area contributed by atoms with Crippen LogP contribution in [0.3, 0.4) is 0 Å². The molecule has 0 fully saturated rings. The molecule has 1 aromatic heterocycles. The number of rotatable bonds is 2. The van der Waals surface area contributed by atoms with Gasteiger partial charge in [-0.25, -0.2) is 4.68 Å². The number of anilines is 1. The molecule has 1 aliphatic rings. The van der Waals surface area contributed by atoms with Gasteiger partial charge >= 0.3 is 0 Å². The summed E-state index contributed by atoms with van der Waals surface area (Å²) in [5.74, 6) is 0.859. The first-order chi connectivity index (χ1) is 8.79. The van der Waals surface area contributed by atoms with Crippen molar-refractivity contribution in [1.29, 1.82) is 0 Å². The van der Waals surface area contributed by atoms with Gasteiger partial charge in [0.25, 0.3) is 0 Å². The second-order valence-corrected chi connectivity index (χ2v) is 4.55. The van der Waals surface area contributed by atoms with E-state index in [4.69, 9.17) is 4.74 Å². The molecule has 0 aliphatic carbocycles. The van der Waals surface area contributed by atoms with E-state index in [0.29, 0.717) is 0 Å². The van der Waals surface area contributed by atoms with Crippen LogP contribution in [0.25, 0.3) is 5.69 Å². The molecule has 4 nitrogen and oxygen atoms in total. The molecule has 4 heteroatoms. The van der Waals surface area contributed by atoms with E-state index < -0.39 is 0 Å². The monoisotopic (exact) mass is 243 g/mol. The van der Waals surface area contributed by atoms with Gasteiger partial charge in [0.1, 0.15) is 5.75 Å². The van der Waals surface area contributed by atoms with Crippen LogP contribution in [0.2, 0.25) is 0 Å². The number of hydrogen-bond donors (Lipinski definition) is 1. The Morgan fingerprint density at radius 2 is 2.28 bits per heavy atom. The summed E-state index contributed by atoms with van der Waals surface area (Å²) in [5.41, 5.74) is 4.59. The van der Waals surface area contributed by atoms with E-state index in [1.807, 2.05) is 29.8 Å². The lowest BCUT2D eigenvalue weighted by molar-refractivity contribution is 0.414. The highest BCUT2D eigenvalue weighted by Gasteiger charge is 2.19. The minimum Gasteiger partial charge on any atom is -0.497 e. The number of ether oxygens (including phenoxy) is 1. The van der Waals surface area contributed by atoms with E-state index in [-0.39, 0.29) is 0 Å². The summed E-state index contributed by atoms with van der Waals surface area (Å²) >= 11 is 0. The smallest absolute Gasteiger partial charge is 0.121 e. The molecule has 1 aliphatic heterocycles. The lowest BCUT2D eigenvalue weighted by Crippen LogP contribution is -2.13. The van der Waals surface area contributed by atoms with Crippen molar-refractivity contribution in [1.82, 2.24) is 9.78 Å². The molecule has 0 saturated carbocycles. The van der Waals surface area contributed by atoms with E-state index >= 15 is 0 Å². The van der Waals surface area contributed by atoms with Crippen molar-refractivity contribution in [2.45, 2.75) is 19.8 Å². The first-order valence-electron chi connectivity index (χ1n) is 6.26. The van der Waals surface area contributed by atoms with Crippen molar-refractivity contribution in [3.8, 4) is 11.4 Å². The van der Waals surface area contributed by atoms with Crippen LogP contribution in [0.5, 0.6) is 5.75 Å². The van der Waals surface area contributed by atoms with Gasteiger partial charge in [-0.05, 0) is 31.9 Å². The van der Waals surface area contributed by atoms with Crippen molar-refractivity contribution >= 4 is 5.69 Å². The summed E-state index contributed by atoms with van der Waals surface area (Å²) < 4.78 is 7.30. The molecule has 0 radical (unpaired) electrons. The van der Waals surface area contributed by atoms with Crippen molar-refractivity contribution in [3.05, 3.63) is 35.7 Å². The average Bonchev–Trinajstić information content (AvgIpc) is 2.77. The fraction of sp³-hybridized carbons (Fsp3) is 0.357. The quantitative estimate of drug-likeness (QED) is 0.881. The van der Waals surface area contributed by atoms with Crippen molar-refractivity contribution < 1.29 is 4.74 Å². The zero-order chi connectivity index (χ0) is 12.5. The van der Waals surface area contributed by atoms with Crippen LogP contribution in [-0.2, 0) is 6.42 Å². The lowest BCUT2D eigenvalue weighted by atomic mass is 10.1. The van der Waals surface area contributed by atoms with Gasteiger partial charge in [0, 0.05) is 12.6 Å². The zero-order valence-electron chi connectivity index (χ0n) is 10.7. The SMILES string of the molecule is COc1cccc(-n2nc(C)c3c2CCCN3)c1. The maximum atomic E-state index is 5.27. The highest BCUT2D eigenvalue weighted by atomic mass is 16.5. The molecule has 0 atom stereocenters. The normalized spacial score (nSPS) is 13.9. The molecule has 1 N–H and O–H groups in total. The third kappa shape index (κ3) is 1.74. The minimum atomic E-state index is 0.859. The van der Waals surface area contributed by atoms with Gasteiger partial charge in [-0.1, -0.05) is 6.07 Å². The number of nitrogens with zero attached hydrogens (tertiary/aromatic N) is 2. The maximum absolute atomic E-state index is 5.27. The molecule has 3 rings (SSSR count). The third-order valence-corrected chi connectivity index (χ3v) is 3.35. The highest BCUT2D eigenvalue weighted by molar-refractivity contribution is 5.57. The van der Waals surface area contributed by atoms with Gasteiger partial charge in [0.2, 0.25) is 0 Å². The van der Waals surface area contributed by atoms with Gasteiger partial charge in [0.15, 0.2) is 0 Å². The number of methoxy groups -OCH3 is 1. The topological polar surface area (TPSA) is 39.1 Å². The molecule has 0 amide bonds. The molecule has 0 unspecified atom stereocenters. The predicted molar refractivity (Wildman–Crippen MR) is 71.7 cm³/mol. The number of nitrogens with one attached hydrogen (secondary N) is 1. The van der Waals surface area contributed by atoms with Gasteiger partial charge in [-0.3, -0.25) is 0 Å². The van der Waals surface area contributed by atoms with Crippen LogP contribution < -0.4 is 10.1 Å². The molecule has 0 bridgehead atoms. The van der Waals surface area contributed by atoms with E-state index in [2.05, 4.69) is 16.5 Å². The Kier molecular flexibility index (Phi) is 2.70. The molecule has 2 heterocycles. The molecule has 0 spiro atoms. The summed E-state index contributed by atoms with van der Waals surface area (Å²) in [7, 11) is 1.68. The third-order valence-electron chi connectivity index (χ3n) is 3.35. The first kappa shape index (κ1) is 11.1. The van der Waals surface area contributed by atoms with Gasteiger partial charge in [-0.2, -0.15) is 5.10 Å². The van der Waals surface area contributed by atoms with Crippen molar-refractivity contribution in [3.63, 3.8) is 0 Å². The van der Waals surface area contributed by atoms with E-state index in [0.717, 1.165) is 36.5 Å². The lowest BCUT2D eigenvalue weighted by Gasteiger charge is -2.16. The van der Waals surface area contributed by atoms with E-state index in [1.165, 1.54) is 11.4 Å². The Balaban J connectivity index is 2.11. The second-order valence-electron chi connectivity index (χ2n) is 4.55. The Morgan fingerprint density at radius 3 is 3.11 bits per heavy atom. The van der Waals surface area contributed by atoms with Crippen LogP contribution in [0.1, 0.15) is 17.8 Å². The summed E-state index contributed by atoms with van der Waals surface area (Å²) in [6.07, 6.45) is 2.22. The molecule has 2 aromatic rings. The Bertz CT molecular complexity index is 574. The van der Waals surface area contributed by atoms with E-state index in [1.54, 1.807) is 7.11 Å². The number of hydrogen-bond acceptors (Lipinski definition) is 3. The summed E-state index contributed by atoms with van der Waals surface area (Å²) in [5, 5.41) is 8.07. The molecule has 0 saturated heterocycles. The molecular weight excluding hydrogens is 226 g/mol. The van der Waals surface area contributed by atoms with Crippen molar-refractivity contribution in [2.24, 2.45) is 0 Å². The number of aryl methyl sites for hydroxylation is 1. The Morgan fingerprint density at radius 1 is 1.39 bits per heavy atom. The van der Waals surface area contributed by atoms with E-state index in [9.17, 15) is 0 Å². The maximum Gasteiger partial charge on any atom is 0.121 e. The summed E-state index contributed by atoms with van der Waals surface area (Å²) in [6.45, 7) is 3.09. The molecule has 18 heavy (non-hydrogen) atoms. The zero-order valence-corrected chi connectivity index (χ0v) is 10.7. The largest absolute Gasteiger partial charge is 0.497 e. The average molecular weight is 243 g/mol. The van der Waals surface area contributed by atoms with Crippen molar-refractivity contribution in [2.75, 3.05) is 19.0 Å². The fourth-order valence-electron chi connectivity index (χ4n) is 2.46. The molecule has 1 aromatic carbocycles. The van der Waals surface area contributed by atoms with Gasteiger partial charge in [-0.15, -0.1) is 0 Å². The summed E-state index contributed by atoms with van der Waals surface area (Å²) in [4.78, 5) is 0. The van der Waals surface area contributed by atoms with Crippen LogP contribution in [0.4, 0.5) is 5.69 Å². The van der Waals surface area contributed by atoms with Gasteiger partial charge < -0.3 is 10.1 Å². The first-order valence-corrected chi connectivity index (χ1v) is 6.26. The highest BCUT2D eigenvalue weighted by Crippen LogP contribution is 2.28. The van der Waals surface area contributed by atoms with Gasteiger partial charge in [0.05, 0.1) is 29.9 Å². The van der Waals surface area contributed by atoms with Crippen LogP contribution >= 0.6 is 0 Å². The number of aromatic nitrogens is 2. The van der Waals surface area contributed by atoms with Crippen LogP contribution in [0.15, 0.2) is 24.3 Å². The second kappa shape index (κ2) is 4.37. The fourth-order valence-corrected chi connectivity index (χ4v) is 2.46. The summed E-state index contributed by atoms with van der Waals surface area (Å²) in [6, 6.07) is 8.02. The standard InChI is InChI=1S/C14H17N3O/c1-10-14-13(7-4-8-15-14)17(16-10)11-5-3-6-12(9-11)18-2/h3,5-6,9,15H,4,7-8H2,1-2H3. The number of fused-ring (bicyclic) bond motifs is 1. The number of benzene rings is 1. The van der Waals surface area contributed by atoms with Crippen LogP contribution in [-0.4, -0.2) is 23.4 Å². The molecular formula is C14H17N3O. The molecule has 94 valence electrons. The Labute approximate surface area is 107 Å². The minimum absolute atomic E-state index is 0.859. The Hall–Kier alpha value is -1.97.